The summed E-state index contributed by atoms with van der Waals surface area (Å²) in [4.78, 5) is 11.2. The Kier molecular flexibility index (Phi) is 1.45. The Morgan fingerprint density at radius 3 is 3.18 bits per heavy atom. The normalized spacial score (nSPS) is 28.9. The van der Waals surface area contributed by atoms with Crippen molar-refractivity contribution in [1.29, 1.82) is 0 Å². The SMILES string of the molecule is O=C1NCNC2=CNCCC12. The van der Waals surface area contributed by atoms with Crippen LogP contribution in [0.2, 0.25) is 0 Å². The molecule has 2 aliphatic heterocycles. The fourth-order valence-electron chi connectivity index (χ4n) is 1.47. The molecule has 0 aliphatic carbocycles. The van der Waals surface area contributed by atoms with Crippen LogP contribution in [0, 0.1) is 5.92 Å². The van der Waals surface area contributed by atoms with Crippen LogP contribution in [0.15, 0.2) is 11.9 Å². The third-order valence-corrected chi connectivity index (χ3v) is 2.08. The van der Waals surface area contributed by atoms with E-state index in [1.54, 1.807) is 0 Å². The number of carbonyl (C=O) groups is 1. The first kappa shape index (κ1) is 6.52. The molecule has 1 saturated heterocycles. The number of nitrogens with one attached hydrogen (secondary N) is 3. The maximum Gasteiger partial charge on any atom is 0.230 e. The zero-order valence-corrected chi connectivity index (χ0v) is 6.18. The van der Waals surface area contributed by atoms with E-state index in [0.29, 0.717) is 6.67 Å². The Bertz CT molecular complexity index is 212. The number of fused-ring (bicyclic) bond motifs is 1. The highest BCUT2D eigenvalue weighted by molar-refractivity contribution is 5.82. The first-order chi connectivity index (χ1) is 5.38. The molecule has 4 heteroatoms. The summed E-state index contributed by atoms with van der Waals surface area (Å²) < 4.78 is 0. The molecule has 0 radical (unpaired) electrons. The van der Waals surface area contributed by atoms with E-state index in [1.165, 1.54) is 0 Å². The van der Waals surface area contributed by atoms with E-state index < -0.39 is 0 Å². The molecule has 1 unspecified atom stereocenters. The highest BCUT2D eigenvalue weighted by Crippen LogP contribution is 2.17. The van der Waals surface area contributed by atoms with Crippen LogP contribution in [0.3, 0.4) is 0 Å². The molecule has 1 fully saturated rings. The second-order valence-electron chi connectivity index (χ2n) is 2.79. The third kappa shape index (κ3) is 1.04. The van der Waals surface area contributed by atoms with Gasteiger partial charge < -0.3 is 16.0 Å². The topological polar surface area (TPSA) is 53.2 Å². The summed E-state index contributed by atoms with van der Waals surface area (Å²) in [6.07, 6.45) is 2.79. The van der Waals surface area contributed by atoms with Crippen LogP contribution in [0.4, 0.5) is 0 Å². The summed E-state index contributed by atoms with van der Waals surface area (Å²) in [6, 6.07) is 0. The Labute approximate surface area is 65.0 Å². The van der Waals surface area contributed by atoms with Crippen LogP contribution < -0.4 is 16.0 Å². The average molecular weight is 153 g/mol. The van der Waals surface area contributed by atoms with Crippen molar-refractivity contribution in [3.63, 3.8) is 0 Å². The molecule has 0 aromatic heterocycles. The van der Waals surface area contributed by atoms with Crippen LogP contribution in [0.25, 0.3) is 0 Å². The van der Waals surface area contributed by atoms with Gasteiger partial charge >= 0.3 is 0 Å². The first-order valence-electron chi connectivity index (χ1n) is 3.83. The molecule has 0 aromatic carbocycles. The lowest BCUT2D eigenvalue weighted by atomic mass is 9.97. The van der Waals surface area contributed by atoms with Crippen molar-refractivity contribution in [2.45, 2.75) is 6.42 Å². The molecular weight excluding hydrogens is 142 g/mol. The number of rotatable bonds is 0. The molecule has 1 amide bonds. The van der Waals surface area contributed by atoms with Crippen molar-refractivity contribution in [2.75, 3.05) is 13.2 Å². The van der Waals surface area contributed by atoms with E-state index in [1.807, 2.05) is 6.20 Å². The van der Waals surface area contributed by atoms with Crippen molar-refractivity contribution in [2.24, 2.45) is 5.92 Å². The van der Waals surface area contributed by atoms with Crippen molar-refractivity contribution >= 4 is 5.91 Å². The lowest BCUT2D eigenvalue weighted by molar-refractivity contribution is -0.125. The van der Waals surface area contributed by atoms with Crippen LogP contribution in [-0.2, 0) is 4.79 Å². The van der Waals surface area contributed by atoms with Gasteiger partial charge in [0.1, 0.15) is 0 Å². The minimum atomic E-state index is 0.0602. The fraction of sp³-hybridized carbons (Fsp3) is 0.571. The smallest absolute Gasteiger partial charge is 0.230 e. The zero-order valence-electron chi connectivity index (χ0n) is 6.18. The summed E-state index contributed by atoms with van der Waals surface area (Å²) in [7, 11) is 0. The Hall–Kier alpha value is -1.19. The van der Waals surface area contributed by atoms with Gasteiger partial charge in [0.25, 0.3) is 0 Å². The zero-order chi connectivity index (χ0) is 7.68. The van der Waals surface area contributed by atoms with E-state index in [-0.39, 0.29) is 11.8 Å². The standard InChI is InChI=1S/C7H11N3O/c11-7-5-1-2-8-3-6(5)9-4-10-7/h3,5,8-9H,1-2,4H2,(H,10,11). The van der Waals surface area contributed by atoms with Crippen molar-refractivity contribution in [1.82, 2.24) is 16.0 Å². The van der Waals surface area contributed by atoms with Gasteiger partial charge in [-0.15, -0.1) is 0 Å². The van der Waals surface area contributed by atoms with Crippen molar-refractivity contribution in [3.8, 4) is 0 Å². The second kappa shape index (κ2) is 2.45. The molecule has 2 rings (SSSR count). The van der Waals surface area contributed by atoms with Crippen LogP contribution in [-0.4, -0.2) is 19.1 Å². The van der Waals surface area contributed by atoms with E-state index in [9.17, 15) is 4.79 Å². The molecule has 0 bridgehead atoms. The summed E-state index contributed by atoms with van der Waals surface area (Å²) in [5.74, 6) is 0.210. The second-order valence-corrected chi connectivity index (χ2v) is 2.79. The van der Waals surface area contributed by atoms with Gasteiger partial charge in [0.2, 0.25) is 5.91 Å². The number of hydrogen-bond donors (Lipinski definition) is 3. The van der Waals surface area contributed by atoms with Crippen LogP contribution in [0.5, 0.6) is 0 Å². The molecular formula is C7H11N3O. The lowest BCUT2D eigenvalue weighted by Gasteiger charge is -2.29. The van der Waals surface area contributed by atoms with Gasteiger partial charge in [-0.1, -0.05) is 0 Å². The predicted octanol–water partition coefficient (Wildman–Crippen LogP) is -0.886. The molecule has 3 N–H and O–H groups in total. The number of amides is 1. The minimum absolute atomic E-state index is 0.0602. The predicted molar refractivity (Wildman–Crippen MR) is 40.3 cm³/mol. The molecule has 0 saturated carbocycles. The summed E-state index contributed by atoms with van der Waals surface area (Å²) in [6.45, 7) is 1.45. The molecule has 2 heterocycles. The lowest BCUT2D eigenvalue weighted by Crippen LogP contribution is -2.49. The van der Waals surface area contributed by atoms with Gasteiger partial charge in [-0.2, -0.15) is 0 Å². The van der Waals surface area contributed by atoms with E-state index in [4.69, 9.17) is 0 Å². The third-order valence-electron chi connectivity index (χ3n) is 2.08. The number of carbonyl (C=O) groups excluding carboxylic acids is 1. The molecule has 2 aliphatic rings. The van der Waals surface area contributed by atoms with E-state index in [2.05, 4.69) is 16.0 Å². The minimum Gasteiger partial charge on any atom is -0.389 e. The van der Waals surface area contributed by atoms with Gasteiger partial charge in [0.15, 0.2) is 0 Å². The largest absolute Gasteiger partial charge is 0.389 e. The highest BCUT2D eigenvalue weighted by atomic mass is 16.2. The summed E-state index contributed by atoms with van der Waals surface area (Å²) >= 11 is 0. The highest BCUT2D eigenvalue weighted by Gasteiger charge is 2.27. The Balaban J connectivity index is 2.20. The van der Waals surface area contributed by atoms with Gasteiger partial charge in [0, 0.05) is 18.4 Å². The van der Waals surface area contributed by atoms with Gasteiger partial charge in [-0.25, -0.2) is 0 Å². The van der Waals surface area contributed by atoms with Crippen molar-refractivity contribution in [3.05, 3.63) is 11.9 Å². The average Bonchev–Trinajstić information content (AvgIpc) is 2.06. The molecule has 1 atom stereocenters. The Morgan fingerprint density at radius 2 is 2.36 bits per heavy atom. The quantitative estimate of drug-likeness (QED) is 0.423. The fourth-order valence-corrected chi connectivity index (χ4v) is 1.47. The molecule has 4 nitrogen and oxygen atoms in total. The van der Waals surface area contributed by atoms with Gasteiger partial charge in [-0.3, -0.25) is 4.79 Å². The van der Waals surface area contributed by atoms with E-state index in [0.717, 1.165) is 18.7 Å². The van der Waals surface area contributed by atoms with E-state index >= 15 is 0 Å². The molecule has 60 valence electrons. The monoisotopic (exact) mass is 153 g/mol. The van der Waals surface area contributed by atoms with Crippen LogP contribution in [0.1, 0.15) is 6.42 Å². The van der Waals surface area contributed by atoms with Gasteiger partial charge in [-0.05, 0) is 6.42 Å². The van der Waals surface area contributed by atoms with Crippen LogP contribution >= 0.6 is 0 Å². The summed E-state index contributed by atoms with van der Waals surface area (Å²) in [5, 5.41) is 8.98. The number of hydrogen-bond acceptors (Lipinski definition) is 3. The maximum absolute atomic E-state index is 11.2. The maximum atomic E-state index is 11.2. The molecule has 0 spiro atoms. The Morgan fingerprint density at radius 1 is 1.45 bits per heavy atom. The van der Waals surface area contributed by atoms with Gasteiger partial charge in [0.05, 0.1) is 12.6 Å². The first-order valence-corrected chi connectivity index (χ1v) is 3.83. The van der Waals surface area contributed by atoms with Crippen molar-refractivity contribution < 1.29 is 4.79 Å². The molecule has 0 aromatic rings. The molecule has 11 heavy (non-hydrogen) atoms. The summed E-state index contributed by atoms with van der Waals surface area (Å²) in [5.41, 5.74) is 1.03.